The average Bonchev–Trinajstić information content (AvgIpc) is 2.88. The van der Waals surface area contributed by atoms with Crippen molar-refractivity contribution in [1.29, 1.82) is 0 Å². The molecule has 2 aromatic heterocycles. The highest BCUT2D eigenvalue weighted by Crippen LogP contribution is 2.24. The zero-order valence-electron chi connectivity index (χ0n) is 13.1. The minimum atomic E-state index is -0.781. The van der Waals surface area contributed by atoms with Crippen LogP contribution >= 0.6 is 0 Å². The van der Waals surface area contributed by atoms with E-state index in [-0.39, 0.29) is 18.2 Å². The standard InChI is InChI=1S/C16H20N4O3/c1-11-14(15-17-7-3-9-20(15)18-11)16(23)19-8-2-4-12(10-19)5-6-13(21)22/h3,7,9,12H,2,4-6,8,10H2,1H3,(H,21,22)/t12-/m1/s1. The second-order valence-electron chi connectivity index (χ2n) is 6.04. The molecule has 0 aliphatic carbocycles. The van der Waals surface area contributed by atoms with E-state index >= 15 is 0 Å². The van der Waals surface area contributed by atoms with Crippen molar-refractivity contribution in [2.75, 3.05) is 13.1 Å². The smallest absolute Gasteiger partial charge is 0.303 e. The van der Waals surface area contributed by atoms with E-state index in [2.05, 4.69) is 10.1 Å². The van der Waals surface area contributed by atoms with Gasteiger partial charge in [0, 0.05) is 31.9 Å². The third-order valence-electron chi connectivity index (χ3n) is 4.36. The fourth-order valence-corrected chi connectivity index (χ4v) is 3.22. The van der Waals surface area contributed by atoms with E-state index in [1.54, 1.807) is 23.0 Å². The second-order valence-corrected chi connectivity index (χ2v) is 6.04. The zero-order chi connectivity index (χ0) is 16.4. The van der Waals surface area contributed by atoms with Crippen LogP contribution in [0.3, 0.4) is 0 Å². The number of piperidine rings is 1. The van der Waals surface area contributed by atoms with Crippen LogP contribution in [0.25, 0.3) is 5.65 Å². The summed E-state index contributed by atoms with van der Waals surface area (Å²) in [5.41, 5.74) is 1.79. The molecule has 1 fully saturated rings. The molecule has 0 aromatic carbocycles. The van der Waals surface area contributed by atoms with Crippen LogP contribution in [0.4, 0.5) is 0 Å². The molecule has 2 aromatic rings. The van der Waals surface area contributed by atoms with Gasteiger partial charge in [0.15, 0.2) is 5.65 Å². The van der Waals surface area contributed by atoms with Crippen LogP contribution in [0.1, 0.15) is 41.7 Å². The van der Waals surface area contributed by atoms with Crippen LogP contribution in [-0.2, 0) is 4.79 Å². The highest BCUT2D eigenvalue weighted by molar-refractivity contribution is 6.01. The van der Waals surface area contributed by atoms with Gasteiger partial charge in [-0.1, -0.05) is 0 Å². The summed E-state index contributed by atoms with van der Waals surface area (Å²) in [5, 5.41) is 13.2. The Morgan fingerprint density at radius 2 is 2.26 bits per heavy atom. The monoisotopic (exact) mass is 316 g/mol. The van der Waals surface area contributed by atoms with E-state index in [1.165, 1.54) is 0 Å². The van der Waals surface area contributed by atoms with Crippen molar-refractivity contribution in [3.05, 3.63) is 29.7 Å². The number of amides is 1. The number of carboxylic acids is 1. The van der Waals surface area contributed by atoms with Crippen molar-refractivity contribution in [2.24, 2.45) is 5.92 Å². The van der Waals surface area contributed by atoms with Gasteiger partial charge in [0.25, 0.3) is 5.91 Å². The maximum absolute atomic E-state index is 12.9. The van der Waals surface area contributed by atoms with Gasteiger partial charge in [0.1, 0.15) is 5.56 Å². The van der Waals surface area contributed by atoms with Crippen LogP contribution in [0.15, 0.2) is 18.5 Å². The van der Waals surface area contributed by atoms with E-state index in [0.29, 0.717) is 36.4 Å². The number of carboxylic acid groups (broad SMARTS) is 1. The van der Waals surface area contributed by atoms with E-state index < -0.39 is 5.97 Å². The number of fused-ring (bicyclic) bond motifs is 1. The van der Waals surface area contributed by atoms with Crippen molar-refractivity contribution < 1.29 is 14.7 Å². The lowest BCUT2D eigenvalue weighted by atomic mass is 9.93. The number of aliphatic carboxylic acids is 1. The molecule has 1 aliphatic rings. The summed E-state index contributed by atoms with van der Waals surface area (Å²) in [6.45, 7) is 3.12. The topological polar surface area (TPSA) is 87.8 Å². The van der Waals surface area contributed by atoms with Gasteiger partial charge in [-0.2, -0.15) is 5.10 Å². The fourth-order valence-electron chi connectivity index (χ4n) is 3.22. The normalized spacial score (nSPS) is 18.3. The molecule has 0 radical (unpaired) electrons. The second kappa shape index (κ2) is 6.36. The molecule has 3 heterocycles. The third kappa shape index (κ3) is 3.18. The summed E-state index contributed by atoms with van der Waals surface area (Å²) in [4.78, 5) is 29.7. The number of rotatable bonds is 4. The van der Waals surface area contributed by atoms with Crippen molar-refractivity contribution in [1.82, 2.24) is 19.5 Å². The Bertz CT molecular complexity index is 740. The summed E-state index contributed by atoms with van der Waals surface area (Å²) in [6, 6.07) is 1.77. The summed E-state index contributed by atoms with van der Waals surface area (Å²) < 4.78 is 1.62. The fraction of sp³-hybridized carbons (Fsp3) is 0.500. The molecule has 0 unspecified atom stereocenters. The van der Waals surface area contributed by atoms with E-state index in [1.807, 2.05) is 11.8 Å². The predicted molar refractivity (Wildman–Crippen MR) is 83.2 cm³/mol. The molecule has 1 saturated heterocycles. The number of aromatic nitrogens is 3. The van der Waals surface area contributed by atoms with E-state index in [9.17, 15) is 9.59 Å². The molecule has 1 N–H and O–H groups in total. The number of carbonyl (C=O) groups excluding carboxylic acids is 1. The first-order valence-electron chi connectivity index (χ1n) is 7.87. The lowest BCUT2D eigenvalue weighted by Crippen LogP contribution is -2.40. The summed E-state index contributed by atoms with van der Waals surface area (Å²) in [7, 11) is 0. The molecule has 1 atom stereocenters. The van der Waals surface area contributed by atoms with Gasteiger partial charge in [-0.25, -0.2) is 9.50 Å². The molecule has 0 spiro atoms. The Hall–Kier alpha value is -2.44. The maximum atomic E-state index is 12.9. The largest absolute Gasteiger partial charge is 0.481 e. The molecule has 7 nitrogen and oxygen atoms in total. The SMILES string of the molecule is Cc1nn2cccnc2c1C(=O)N1CCC[C@H](CCC(=O)O)C1. The zero-order valence-corrected chi connectivity index (χ0v) is 13.1. The van der Waals surface area contributed by atoms with E-state index in [4.69, 9.17) is 5.11 Å². The maximum Gasteiger partial charge on any atom is 0.303 e. The van der Waals surface area contributed by atoms with Crippen molar-refractivity contribution in [2.45, 2.75) is 32.6 Å². The molecule has 23 heavy (non-hydrogen) atoms. The lowest BCUT2D eigenvalue weighted by Gasteiger charge is -2.32. The Morgan fingerprint density at radius 3 is 3.04 bits per heavy atom. The number of nitrogens with zero attached hydrogens (tertiary/aromatic N) is 4. The highest BCUT2D eigenvalue weighted by atomic mass is 16.4. The molecular formula is C16H20N4O3. The molecule has 3 rings (SSSR count). The summed E-state index contributed by atoms with van der Waals surface area (Å²) >= 11 is 0. The van der Waals surface area contributed by atoms with Gasteiger partial charge in [-0.3, -0.25) is 9.59 Å². The van der Waals surface area contributed by atoms with Crippen LogP contribution in [0, 0.1) is 12.8 Å². The minimum Gasteiger partial charge on any atom is -0.481 e. The van der Waals surface area contributed by atoms with Gasteiger partial charge >= 0.3 is 5.97 Å². The first-order valence-corrected chi connectivity index (χ1v) is 7.87. The van der Waals surface area contributed by atoms with Gasteiger partial charge < -0.3 is 10.0 Å². The van der Waals surface area contributed by atoms with Crippen molar-refractivity contribution >= 4 is 17.5 Å². The molecule has 1 aliphatic heterocycles. The number of hydrogen-bond donors (Lipinski definition) is 1. The number of carbonyl (C=O) groups is 2. The van der Waals surface area contributed by atoms with Gasteiger partial charge in [-0.05, 0) is 38.2 Å². The van der Waals surface area contributed by atoms with Crippen LogP contribution < -0.4 is 0 Å². The number of likely N-dealkylation sites (tertiary alicyclic amines) is 1. The lowest BCUT2D eigenvalue weighted by molar-refractivity contribution is -0.137. The van der Waals surface area contributed by atoms with Crippen molar-refractivity contribution in [3.63, 3.8) is 0 Å². The Balaban J connectivity index is 1.79. The average molecular weight is 316 g/mol. The molecular weight excluding hydrogens is 296 g/mol. The summed E-state index contributed by atoms with van der Waals surface area (Å²) in [5.74, 6) is -0.591. The molecule has 1 amide bonds. The quantitative estimate of drug-likeness (QED) is 0.928. The van der Waals surface area contributed by atoms with Crippen molar-refractivity contribution in [3.8, 4) is 0 Å². The third-order valence-corrected chi connectivity index (χ3v) is 4.36. The Kier molecular flexibility index (Phi) is 4.27. The molecule has 122 valence electrons. The molecule has 7 heteroatoms. The molecule has 0 saturated carbocycles. The van der Waals surface area contributed by atoms with Crippen LogP contribution in [0.5, 0.6) is 0 Å². The first-order chi connectivity index (χ1) is 11.1. The van der Waals surface area contributed by atoms with Gasteiger partial charge in [0.2, 0.25) is 0 Å². The van der Waals surface area contributed by atoms with Gasteiger partial charge in [-0.15, -0.1) is 0 Å². The van der Waals surface area contributed by atoms with Gasteiger partial charge in [0.05, 0.1) is 5.69 Å². The first kappa shape index (κ1) is 15.5. The van der Waals surface area contributed by atoms with E-state index in [0.717, 1.165) is 12.8 Å². The van der Waals surface area contributed by atoms with Crippen LogP contribution in [-0.4, -0.2) is 49.6 Å². The Labute approximate surface area is 133 Å². The molecule has 0 bridgehead atoms. The Morgan fingerprint density at radius 1 is 1.43 bits per heavy atom. The highest BCUT2D eigenvalue weighted by Gasteiger charge is 2.28. The van der Waals surface area contributed by atoms with Crippen LogP contribution in [0.2, 0.25) is 0 Å². The minimum absolute atomic E-state index is 0.0591. The number of aryl methyl sites for hydroxylation is 1. The predicted octanol–water partition coefficient (Wildman–Crippen LogP) is 1.75. The summed E-state index contributed by atoms with van der Waals surface area (Å²) in [6.07, 6.45) is 6.08. The number of hydrogen-bond acceptors (Lipinski definition) is 4.